The fourth-order valence-corrected chi connectivity index (χ4v) is 3.18. The number of nitrogens with zero attached hydrogens (tertiary/aromatic N) is 2. The molecule has 1 aromatic rings. The lowest BCUT2D eigenvalue weighted by molar-refractivity contribution is -0.161. The van der Waals surface area contributed by atoms with E-state index in [9.17, 15) is 19.2 Å². The summed E-state index contributed by atoms with van der Waals surface area (Å²) < 4.78 is 5.22. The van der Waals surface area contributed by atoms with Crippen LogP contribution in [0.15, 0.2) is 24.3 Å². The molecule has 1 saturated heterocycles. The van der Waals surface area contributed by atoms with Crippen molar-refractivity contribution < 1.29 is 23.9 Å². The Morgan fingerprint density at radius 1 is 1.00 bits per heavy atom. The van der Waals surface area contributed by atoms with Crippen molar-refractivity contribution in [1.29, 1.82) is 0 Å². The molecule has 2 aliphatic rings. The number of imide groups is 1. The quantitative estimate of drug-likeness (QED) is 0.606. The molecule has 3 amide bonds. The Kier molecular flexibility index (Phi) is 4.57. The number of hydrogen-bond acceptors (Lipinski definition) is 5. The molecule has 1 aromatic carbocycles. The molecule has 2 atom stereocenters. The molecule has 0 radical (unpaired) electrons. The predicted molar refractivity (Wildman–Crippen MR) is 87.8 cm³/mol. The minimum absolute atomic E-state index is 0.250. The number of esters is 1. The molecule has 0 unspecified atom stereocenters. The summed E-state index contributed by atoms with van der Waals surface area (Å²) in [6.07, 6.45) is 0.943. The highest BCUT2D eigenvalue weighted by Crippen LogP contribution is 2.25. The molecule has 0 bridgehead atoms. The monoisotopic (exact) mass is 344 g/mol. The third kappa shape index (κ3) is 3.01. The average Bonchev–Trinajstić information content (AvgIpc) is 3.22. The molecule has 0 aromatic heterocycles. The van der Waals surface area contributed by atoms with E-state index in [1.807, 2.05) is 0 Å². The van der Waals surface area contributed by atoms with Crippen LogP contribution in [-0.4, -0.2) is 58.7 Å². The van der Waals surface area contributed by atoms with Crippen LogP contribution in [0, 0.1) is 0 Å². The molecule has 1 fully saturated rings. The van der Waals surface area contributed by atoms with Crippen LogP contribution in [0.2, 0.25) is 0 Å². The Hall–Kier alpha value is -2.70. The molecule has 7 heteroatoms. The van der Waals surface area contributed by atoms with Crippen molar-refractivity contribution in [2.75, 3.05) is 13.1 Å². The predicted octanol–water partition coefficient (Wildman–Crippen LogP) is 1.23. The van der Waals surface area contributed by atoms with Crippen LogP contribution in [0.25, 0.3) is 0 Å². The number of carbonyl (C=O) groups is 4. The van der Waals surface area contributed by atoms with Gasteiger partial charge in [0.05, 0.1) is 11.1 Å². The lowest BCUT2D eigenvalue weighted by Crippen LogP contribution is -2.46. The van der Waals surface area contributed by atoms with E-state index in [4.69, 9.17) is 4.74 Å². The maximum absolute atomic E-state index is 12.4. The summed E-state index contributed by atoms with van der Waals surface area (Å²) in [6.45, 7) is 4.26. The zero-order valence-corrected chi connectivity index (χ0v) is 14.2. The van der Waals surface area contributed by atoms with Crippen molar-refractivity contribution in [2.24, 2.45) is 0 Å². The Morgan fingerprint density at radius 2 is 1.52 bits per heavy atom. The van der Waals surface area contributed by atoms with E-state index in [2.05, 4.69) is 0 Å². The number of amides is 3. The number of benzene rings is 1. The normalized spacial score (nSPS) is 19.0. The summed E-state index contributed by atoms with van der Waals surface area (Å²) in [7, 11) is 0. The van der Waals surface area contributed by atoms with Gasteiger partial charge in [-0.3, -0.25) is 19.3 Å². The SMILES string of the molecule is C[C@@H](OC(=O)[C@H](C)N1C(=O)c2ccccc2C1=O)C(=O)N1CCCC1. The van der Waals surface area contributed by atoms with E-state index in [1.54, 1.807) is 29.2 Å². The van der Waals surface area contributed by atoms with Gasteiger partial charge in [0.25, 0.3) is 17.7 Å². The van der Waals surface area contributed by atoms with Gasteiger partial charge in [-0.05, 0) is 38.8 Å². The third-order valence-corrected chi connectivity index (χ3v) is 4.61. The third-order valence-electron chi connectivity index (χ3n) is 4.61. The molecule has 0 saturated carbocycles. The average molecular weight is 344 g/mol. The van der Waals surface area contributed by atoms with Gasteiger partial charge in [0.15, 0.2) is 6.10 Å². The van der Waals surface area contributed by atoms with E-state index in [0.29, 0.717) is 13.1 Å². The number of hydrogen-bond donors (Lipinski definition) is 0. The van der Waals surface area contributed by atoms with Crippen molar-refractivity contribution in [3.8, 4) is 0 Å². The van der Waals surface area contributed by atoms with Gasteiger partial charge in [0, 0.05) is 13.1 Å². The first-order chi connectivity index (χ1) is 11.9. The Balaban J connectivity index is 1.68. The second-order valence-corrected chi connectivity index (χ2v) is 6.31. The van der Waals surface area contributed by atoms with E-state index in [-0.39, 0.29) is 17.0 Å². The lowest BCUT2D eigenvalue weighted by Gasteiger charge is -2.24. The molecule has 132 valence electrons. The molecule has 25 heavy (non-hydrogen) atoms. The summed E-state index contributed by atoms with van der Waals surface area (Å²) in [5, 5.41) is 0. The molecule has 0 N–H and O–H groups in total. The first kappa shape index (κ1) is 17.1. The van der Waals surface area contributed by atoms with E-state index < -0.39 is 29.9 Å². The van der Waals surface area contributed by atoms with Crippen LogP contribution in [0.3, 0.4) is 0 Å². The highest BCUT2D eigenvalue weighted by Gasteiger charge is 2.42. The number of ether oxygens (including phenoxy) is 1. The molecule has 7 nitrogen and oxygen atoms in total. The van der Waals surface area contributed by atoms with Gasteiger partial charge >= 0.3 is 5.97 Å². The summed E-state index contributed by atoms with van der Waals surface area (Å²) in [5.41, 5.74) is 0.543. The fraction of sp³-hybridized carbons (Fsp3) is 0.444. The molecule has 0 spiro atoms. The van der Waals surface area contributed by atoms with Crippen molar-refractivity contribution in [3.05, 3.63) is 35.4 Å². The second-order valence-electron chi connectivity index (χ2n) is 6.31. The largest absolute Gasteiger partial charge is 0.451 e. The summed E-state index contributed by atoms with van der Waals surface area (Å²) in [6, 6.07) is 5.32. The topological polar surface area (TPSA) is 84.0 Å². The van der Waals surface area contributed by atoms with Gasteiger partial charge in [-0.2, -0.15) is 0 Å². The molecule has 2 aliphatic heterocycles. The van der Waals surface area contributed by atoms with Crippen LogP contribution >= 0.6 is 0 Å². The van der Waals surface area contributed by atoms with Gasteiger partial charge in [-0.25, -0.2) is 4.79 Å². The van der Waals surface area contributed by atoms with E-state index in [0.717, 1.165) is 17.7 Å². The highest BCUT2D eigenvalue weighted by molar-refractivity contribution is 6.22. The summed E-state index contributed by atoms with van der Waals surface area (Å²) >= 11 is 0. The van der Waals surface area contributed by atoms with E-state index in [1.165, 1.54) is 13.8 Å². The number of likely N-dealkylation sites (tertiary alicyclic amines) is 1. The lowest BCUT2D eigenvalue weighted by atomic mass is 10.1. The number of rotatable bonds is 4. The number of fused-ring (bicyclic) bond motifs is 1. The first-order valence-electron chi connectivity index (χ1n) is 8.38. The van der Waals surface area contributed by atoms with Crippen LogP contribution in [-0.2, 0) is 14.3 Å². The van der Waals surface area contributed by atoms with Crippen molar-refractivity contribution in [3.63, 3.8) is 0 Å². The Bertz CT molecular complexity index is 704. The Labute approximate surface area is 145 Å². The van der Waals surface area contributed by atoms with Crippen molar-refractivity contribution in [2.45, 2.75) is 38.8 Å². The maximum Gasteiger partial charge on any atom is 0.329 e. The van der Waals surface area contributed by atoms with Gasteiger partial charge in [0.2, 0.25) is 0 Å². The molecular weight excluding hydrogens is 324 g/mol. The highest BCUT2D eigenvalue weighted by atomic mass is 16.5. The molecule has 3 rings (SSSR count). The Morgan fingerprint density at radius 3 is 2.04 bits per heavy atom. The van der Waals surface area contributed by atoms with Crippen molar-refractivity contribution in [1.82, 2.24) is 9.80 Å². The fourth-order valence-electron chi connectivity index (χ4n) is 3.18. The minimum atomic E-state index is -1.10. The smallest absolute Gasteiger partial charge is 0.329 e. The number of carbonyl (C=O) groups excluding carboxylic acids is 4. The zero-order valence-electron chi connectivity index (χ0n) is 14.2. The molecule has 2 heterocycles. The standard InChI is InChI=1S/C18H20N2O5/c1-11(18(24)25-12(2)15(21)19-9-5-6-10-19)20-16(22)13-7-3-4-8-14(13)17(20)23/h3-4,7-8,11-12H,5-6,9-10H2,1-2H3/t11-,12+/m0/s1. The van der Waals surface area contributed by atoms with Crippen molar-refractivity contribution >= 4 is 23.7 Å². The van der Waals surface area contributed by atoms with E-state index >= 15 is 0 Å². The van der Waals surface area contributed by atoms with Gasteiger partial charge < -0.3 is 9.64 Å². The maximum atomic E-state index is 12.4. The van der Waals surface area contributed by atoms with Crippen LogP contribution in [0.1, 0.15) is 47.4 Å². The second kappa shape index (κ2) is 6.66. The van der Waals surface area contributed by atoms with Gasteiger partial charge in [0.1, 0.15) is 6.04 Å². The van der Waals surface area contributed by atoms with Gasteiger partial charge in [-0.1, -0.05) is 12.1 Å². The molecule has 0 aliphatic carbocycles. The minimum Gasteiger partial charge on any atom is -0.451 e. The summed E-state index contributed by atoms with van der Waals surface area (Å²) in [5.74, 6) is -2.07. The zero-order chi connectivity index (χ0) is 18.1. The first-order valence-corrected chi connectivity index (χ1v) is 8.38. The summed E-state index contributed by atoms with van der Waals surface area (Å²) in [4.78, 5) is 52.0. The van der Waals surface area contributed by atoms with Crippen LogP contribution in [0.5, 0.6) is 0 Å². The van der Waals surface area contributed by atoms with Crippen LogP contribution in [0.4, 0.5) is 0 Å². The van der Waals surface area contributed by atoms with Gasteiger partial charge in [-0.15, -0.1) is 0 Å². The molecular formula is C18H20N2O5. The van der Waals surface area contributed by atoms with Crippen LogP contribution < -0.4 is 0 Å².